The monoisotopic (exact) mass is 258 g/mol. The van der Waals surface area contributed by atoms with Crippen LogP contribution in [0.15, 0.2) is 24.3 Å². The van der Waals surface area contributed by atoms with Gasteiger partial charge in [0.15, 0.2) is 11.5 Å². The van der Waals surface area contributed by atoms with Gasteiger partial charge < -0.3 is 10.2 Å². The van der Waals surface area contributed by atoms with E-state index in [2.05, 4.69) is 0 Å². The number of benzene rings is 1. The van der Waals surface area contributed by atoms with Crippen molar-refractivity contribution < 1.29 is 23.2 Å². The summed E-state index contributed by atoms with van der Waals surface area (Å²) in [6, 6.07) is 6.15. The second-order valence-corrected chi connectivity index (χ2v) is 4.35. The van der Waals surface area contributed by atoms with E-state index in [1.165, 1.54) is 12.1 Å². The molecule has 0 saturated heterocycles. The third kappa shape index (κ3) is 10.3. The van der Waals surface area contributed by atoms with Crippen LogP contribution in [0.4, 0.5) is 0 Å². The number of hydrogen-bond acceptors (Lipinski definition) is 4. The molecule has 1 aromatic rings. The SMILES string of the molecule is CCCS(=O)(=O)O.Oc1ccccc1O.[NaH]. The van der Waals surface area contributed by atoms with E-state index in [0.29, 0.717) is 6.42 Å². The van der Waals surface area contributed by atoms with Crippen molar-refractivity contribution in [2.75, 3.05) is 5.75 Å². The zero-order chi connectivity index (χ0) is 11.9. The number of phenols is 2. The molecule has 0 spiro atoms. The normalized spacial score (nSPS) is 9.62. The number of hydrogen-bond donors (Lipinski definition) is 3. The van der Waals surface area contributed by atoms with Gasteiger partial charge in [0, 0.05) is 0 Å². The van der Waals surface area contributed by atoms with Gasteiger partial charge >= 0.3 is 29.6 Å². The van der Waals surface area contributed by atoms with Crippen LogP contribution in [0.1, 0.15) is 13.3 Å². The van der Waals surface area contributed by atoms with Crippen molar-refractivity contribution in [1.29, 1.82) is 0 Å². The third-order valence-corrected chi connectivity index (χ3v) is 2.27. The Labute approximate surface area is 117 Å². The van der Waals surface area contributed by atoms with Crippen molar-refractivity contribution in [2.24, 2.45) is 0 Å². The molecule has 3 N–H and O–H groups in total. The van der Waals surface area contributed by atoms with Gasteiger partial charge in [0.05, 0.1) is 5.75 Å². The summed E-state index contributed by atoms with van der Waals surface area (Å²) >= 11 is 0. The van der Waals surface area contributed by atoms with Gasteiger partial charge in [-0.25, -0.2) is 0 Å². The molecule has 16 heavy (non-hydrogen) atoms. The van der Waals surface area contributed by atoms with Crippen LogP contribution in [-0.4, -0.2) is 58.5 Å². The van der Waals surface area contributed by atoms with E-state index in [1.807, 2.05) is 0 Å². The van der Waals surface area contributed by atoms with Crippen LogP contribution in [-0.2, 0) is 10.1 Å². The molecule has 7 heteroatoms. The molecule has 1 rings (SSSR count). The van der Waals surface area contributed by atoms with Crippen LogP contribution in [0, 0.1) is 0 Å². The van der Waals surface area contributed by atoms with Gasteiger partial charge in [0.1, 0.15) is 0 Å². The molecule has 1 aromatic carbocycles. The quantitative estimate of drug-likeness (QED) is 0.413. The first-order valence-corrected chi connectivity index (χ1v) is 5.90. The van der Waals surface area contributed by atoms with Crippen LogP contribution < -0.4 is 0 Å². The summed E-state index contributed by atoms with van der Waals surface area (Å²) in [5.74, 6) is -0.285. The van der Waals surface area contributed by atoms with E-state index < -0.39 is 10.1 Å². The van der Waals surface area contributed by atoms with E-state index in [-0.39, 0.29) is 46.8 Å². The first kappa shape index (κ1) is 18.1. The van der Waals surface area contributed by atoms with Crippen molar-refractivity contribution in [1.82, 2.24) is 0 Å². The molecule has 0 aliphatic heterocycles. The molecular weight excluding hydrogens is 243 g/mol. The van der Waals surface area contributed by atoms with Crippen molar-refractivity contribution in [3.63, 3.8) is 0 Å². The number of aromatic hydroxyl groups is 2. The molecule has 0 bridgehead atoms. The van der Waals surface area contributed by atoms with Crippen LogP contribution in [0.5, 0.6) is 11.5 Å². The summed E-state index contributed by atoms with van der Waals surface area (Å²) in [6.07, 6.45) is 0.471. The van der Waals surface area contributed by atoms with Crippen molar-refractivity contribution in [2.45, 2.75) is 13.3 Å². The Hall–Kier alpha value is -0.270. The molecule has 0 radical (unpaired) electrons. The predicted molar refractivity (Wildman–Crippen MR) is 63.6 cm³/mol. The Bertz CT molecular complexity index is 370. The fourth-order valence-electron chi connectivity index (χ4n) is 0.722. The van der Waals surface area contributed by atoms with E-state index in [1.54, 1.807) is 19.1 Å². The van der Waals surface area contributed by atoms with E-state index in [4.69, 9.17) is 14.8 Å². The second kappa shape index (κ2) is 8.83. The molecule has 0 atom stereocenters. The van der Waals surface area contributed by atoms with Crippen molar-refractivity contribution in [3.8, 4) is 11.5 Å². The molecule has 0 fully saturated rings. The molecule has 0 saturated carbocycles. The first-order valence-electron chi connectivity index (χ1n) is 4.29. The fourth-order valence-corrected chi connectivity index (χ4v) is 1.24. The maximum atomic E-state index is 9.79. The molecule has 5 nitrogen and oxygen atoms in total. The number of phenolic OH excluding ortho intramolecular Hbond substituents is 2. The standard InChI is InChI=1S/C6H6O2.C3H8O3S.Na.H/c7-5-3-1-2-4-6(5)8;1-2-3-7(4,5)6;;/h1-4,7-8H;2-3H2,1H3,(H,4,5,6);;. The van der Waals surface area contributed by atoms with Gasteiger partial charge in [-0.1, -0.05) is 19.1 Å². The zero-order valence-corrected chi connectivity index (χ0v) is 9.11. The summed E-state index contributed by atoms with van der Waals surface area (Å²) in [5, 5.41) is 17.3. The van der Waals surface area contributed by atoms with Gasteiger partial charge in [-0.15, -0.1) is 0 Å². The van der Waals surface area contributed by atoms with Gasteiger partial charge in [-0.05, 0) is 18.6 Å². The minimum absolute atomic E-state index is 0. The van der Waals surface area contributed by atoms with Crippen molar-refractivity contribution >= 4 is 39.7 Å². The fraction of sp³-hybridized carbons (Fsp3) is 0.333. The molecule has 0 amide bonds. The maximum absolute atomic E-state index is 9.79. The van der Waals surface area contributed by atoms with E-state index in [9.17, 15) is 8.42 Å². The van der Waals surface area contributed by atoms with Gasteiger partial charge in [-0.2, -0.15) is 8.42 Å². The summed E-state index contributed by atoms with van der Waals surface area (Å²) in [4.78, 5) is 0. The van der Waals surface area contributed by atoms with E-state index >= 15 is 0 Å². The average molecular weight is 258 g/mol. The summed E-state index contributed by atoms with van der Waals surface area (Å²) in [5.41, 5.74) is 0. The van der Waals surface area contributed by atoms with Crippen LogP contribution in [0.2, 0.25) is 0 Å². The number of para-hydroxylation sites is 2. The molecule has 0 aliphatic carbocycles. The molecule has 0 unspecified atom stereocenters. The summed E-state index contributed by atoms with van der Waals surface area (Å²) < 4.78 is 27.6. The van der Waals surface area contributed by atoms with E-state index in [0.717, 1.165) is 0 Å². The van der Waals surface area contributed by atoms with Crippen LogP contribution in [0.25, 0.3) is 0 Å². The third-order valence-electron chi connectivity index (χ3n) is 1.34. The Morgan fingerprint density at radius 1 is 1.12 bits per heavy atom. The topological polar surface area (TPSA) is 94.8 Å². The molecule has 88 valence electrons. The van der Waals surface area contributed by atoms with Crippen molar-refractivity contribution in [3.05, 3.63) is 24.3 Å². The summed E-state index contributed by atoms with van der Waals surface area (Å²) in [7, 11) is -3.67. The van der Waals surface area contributed by atoms with Crippen LogP contribution >= 0.6 is 0 Å². The average Bonchev–Trinajstić information content (AvgIpc) is 2.09. The van der Waals surface area contributed by atoms with Gasteiger partial charge in [0.25, 0.3) is 10.1 Å². The Balaban J connectivity index is 0. The first-order chi connectivity index (χ1) is 6.87. The Morgan fingerprint density at radius 2 is 1.50 bits per heavy atom. The minimum atomic E-state index is -3.67. The molecular formula is C9H15NaO5S. The van der Waals surface area contributed by atoms with Gasteiger partial charge in [-0.3, -0.25) is 4.55 Å². The predicted octanol–water partition coefficient (Wildman–Crippen LogP) is 0.733. The zero-order valence-electron chi connectivity index (χ0n) is 8.29. The van der Waals surface area contributed by atoms with Gasteiger partial charge in [0.2, 0.25) is 0 Å². The Morgan fingerprint density at radius 3 is 1.62 bits per heavy atom. The summed E-state index contributed by atoms with van der Waals surface area (Å²) in [6.45, 7) is 1.69. The molecule has 0 aliphatic rings. The molecule has 0 heterocycles. The Kier molecular flexibility index (Phi) is 10.00. The molecule has 0 aromatic heterocycles. The second-order valence-electron chi connectivity index (χ2n) is 2.77. The number of rotatable bonds is 2. The van der Waals surface area contributed by atoms with Crippen LogP contribution in [0.3, 0.4) is 0 Å².